The molecule has 1 aliphatic carbocycles. The highest BCUT2D eigenvalue weighted by Gasteiger charge is 2.30. The van der Waals surface area contributed by atoms with Gasteiger partial charge in [0.05, 0.1) is 12.1 Å². The summed E-state index contributed by atoms with van der Waals surface area (Å²) in [5, 5.41) is 4.49. The number of anilines is 1. The maximum Gasteiger partial charge on any atom is 0.129 e. The van der Waals surface area contributed by atoms with Gasteiger partial charge in [0.1, 0.15) is 5.82 Å². The maximum absolute atomic E-state index is 5.26. The molecule has 1 aromatic heterocycles. The van der Waals surface area contributed by atoms with E-state index in [0.29, 0.717) is 6.04 Å². The van der Waals surface area contributed by atoms with Gasteiger partial charge in [0.2, 0.25) is 0 Å². The van der Waals surface area contributed by atoms with Crippen molar-refractivity contribution in [2.24, 2.45) is 0 Å². The zero-order valence-corrected chi connectivity index (χ0v) is 12.8. The molecule has 21 heavy (non-hydrogen) atoms. The van der Waals surface area contributed by atoms with Crippen LogP contribution in [0.2, 0.25) is 0 Å². The molecule has 112 valence electrons. The first-order chi connectivity index (χ1) is 10.3. The van der Waals surface area contributed by atoms with E-state index >= 15 is 0 Å². The summed E-state index contributed by atoms with van der Waals surface area (Å²) >= 11 is 0. The number of para-hydroxylation sites is 1. The molecule has 3 rings (SSSR count). The molecule has 4 heteroatoms. The highest BCUT2D eigenvalue weighted by atomic mass is 16.5. The minimum Gasteiger partial charge on any atom is -0.383 e. The molecule has 1 saturated carbocycles. The van der Waals surface area contributed by atoms with E-state index in [9.17, 15) is 0 Å². The van der Waals surface area contributed by atoms with Gasteiger partial charge < -0.3 is 15.0 Å². The van der Waals surface area contributed by atoms with E-state index in [1.165, 1.54) is 23.8 Å². The highest BCUT2D eigenvalue weighted by Crippen LogP contribution is 2.32. The van der Waals surface area contributed by atoms with Gasteiger partial charge in [-0.05, 0) is 37.6 Å². The molecular weight excluding hydrogens is 262 g/mol. The number of methoxy groups -OCH3 is 1. The number of rotatable bonds is 7. The number of ether oxygens (including phenoxy) is 1. The third-order valence-electron chi connectivity index (χ3n) is 3.97. The zero-order valence-electron chi connectivity index (χ0n) is 12.8. The molecule has 0 spiro atoms. The van der Waals surface area contributed by atoms with Crippen molar-refractivity contribution in [1.29, 1.82) is 0 Å². The fraction of sp³-hybridized carbons (Fsp3) is 0.471. The normalized spacial score (nSPS) is 14.6. The lowest BCUT2D eigenvalue weighted by atomic mass is 10.1. The summed E-state index contributed by atoms with van der Waals surface area (Å²) in [5.74, 6) is 1.08. The molecule has 0 unspecified atom stereocenters. The van der Waals surface area contributed by atoms with Gasteiger partial charge in [0.25, 0.3) is 0 Å². The largest absolute Gasteiger partial charge is 0.383 e. The summed E-state index contributed by atoms with van der Waals surface area (Å²) in [4.78, 5) is 7.27. The lowest BCUT2D eigenvalue weighted by Crippen LogP contribution is -2.30. The first-order valence-corrected chi connectivity index (χ1v) is 7.62. The molecule has 4 nitrogen and oxygen atoms in total. The summed E-state index contributed by atoms with van der Waals surface area (Å²) in [6, 6.07) is 11.2. The van der Waals surface area contributed by atoms with Crippen LogP contribution in [0.5, 0.6) is 0 Å². The Balaban J connectivity index is 2.00. The van der Waals surface area contributed by atoms with Crippen molar-refractivity contribution < 1.29 is 4.74 Å². The van der Waals surface area contributed by atoms with Crippen LogP contribution in [0, 0.1) is 0 Å². The topological polar surface area (TPSA) is 37.4 Å². The van der Waals surface area contributed by atoms with Gasteiger partial charge in [-0.2, -0.15) is 0 Å². The van der Waals surface area contributed by atoms with Gasteiger partial charge in [0, 0.05) is 31.6 Å². The lowest BCUT2D eigenvalue weighted by Gasteiger charge is -2.24. The third kappa shape index (κ3) is 3.17. The summed E-state index contributed by atoms with van der Waals surface area (Å²) in [6.07, 6.45) is 2.53. The van der Waals surface area contributed by atoms with Crippen LogP contribution in [-0.4, -0.2) is 38.3 Å². The molecule has 1 N–H and O–H groups in total. The molecule has 0 aliphatic heterocycles. The maximum atomic E-state index is 5.26. The van der Waals surface area contributed by atoms with E-state index in [4.69, 9.17) is 9.72 Å². The second-order valence-electron chi connectivity index (χ2n) is 5.60. The van der Waals surface area contributed by atoms with Crippen LogP contribution >= 0.6 is 0 Å². The molecule has 1 aromatic carbocycles. The molecular formula is C17H23N3O. The Morgan fingerprint density at radius 1 is 1.33 bits per heavy atom. The van der Waals surface area contributed by atoms with Crippen LogP contribution in [0.25, 0.3) is 10.9 Å². The van der Waals surface area contributed by atoms with Gasteiger partial charge >= 0.3 is 0 Å². The molecule has 1 fully saturated rings. The van der Waals surface area contributed by atoms with Crippen molar-refractivity contribution in [2.45, 2.75) is 25.4 Å². The molecule has 0 bridgehead atoms. The van der Waals surface area contributed by atoms with Gasteiger partial charge in [-0.15, -0.1) is 0 Å². The predicted molar refractivity (Wildman–Crippen MR) is 86.8 cm³/mol. The van der Waals surface area contributed by atoms with E-state index in [0.717, 1.165) is 31.0 Å². The fourth-order valence-electron chi connectivity index (χ4n) is 2.78. The average molecular weight is 285 g/mol. The SMILES string of the molecule is CNCc1cc(N(CCOC)C2CC2)nc2ccccc12. The highest BCUT2D eigenvalue weighted by molar-refractivity contribution is 5.84. The van der Waals surface area contributed by atoms with E-state index in [-0.39, 0.29) is 0 Å². The number of nitrogens with zero attached hydrogens (tertiary/aromatic N) is 2. The van der Waals surface area contributed by atoms with Crippen molar-refractivity contribution in [1.82, 2.24) is 10.3 Å². The second-order valence-corrected chi connectivity index (χ2v) is 5.60. The number of aromatic nitrogens is 1. The minimum atomic E-state index is 0.635. The van der Waals surface area contributed by atoms with Gasteiger partial charge in [0.15, 0.2) is 0 Å². The number of pyridine rings is 1. The molecule has 0 atom stereocenters. The number of hydrogen-bond acceptors (Lipinski definition) is 4. The van der Waals surface area contributed by atoms with E-state index in [1.807, 2.05) is 7.05 Å². The number of fused-ring (bicyclic) bond motifs is 1. The number of nitrogens with one attached hydrogen (secondary N) is 1. The smallest absolute Gasteiger partial charge is 0.129 e. The Bertz CT molecular complexity index is 610. The molecule has 0 amide bonds. The molecule has 0 radical (unpaired) electrons. The number of benzene rings is 1. The fourth-order valence-corrected chi connectivity index (χ4v) is 2.78. The standard InChI is InChI=1S/C17H23N3O/c1-18-12-13-11-17(19-16-6-4-3-5-15(13)16)20(9-10-21-2)14-7-8-14/h3-6,11,14,18H,7-10,12H2,1-2H3. The minimum absolute atomic E-state index is 0.635. The first kappa shape index (κ1) is 14.3. The van der Waals surface area contributed by atoms with Gasteiger partial charge in [-0.25, -0.2) is 4.98 Å². The monoisotopic (exact) mass is 285 g/mol. The van der Waals surface area contributed by atoms with Crippen molar-refractivity contribution in [3.05, 3.63) is 35.9 Å². The Kier molecular flexibility index (Phi) is 4.36. The van der Waals surface area contributed by atoms with Crippen LogP contribution in [0.1, 0.15) is 18.4 Å². The quantitative estimate of drug-likeness (QED) is 0.848. The van der Waals surface area contributed by atoms with Crippen LogP contribution in [0.3, 0.4) is 0 Å². The van der Waals surface area contributed by atoms with Crippen molar-refractivity contribution in [3.63, 3.8) is 0 Å². The summed E-state index contributed by atoms with van der Waals surface area (Å²) in [6.45, 7) is 2.51. The average Bonchev–Trinajstić information content (AvgIpc) is 3.33. The van der Waals surface area contributed by atoms with E-state index in [2.05, 4.69) is 40.5 Å². The Labute approximate surface area is 126 Å². The Morgan fingerprint density at radius 3 is 2.86 bits per heavy atom. The first-order valence-electron chi connectivity index (χ1n) is 7.62. The van der Waals surface area contributed by atoms with Crippen LogP contribution in [-0.2, 0) is 11.3 Å². The van der Waals surface area contributed by atoms with Gasteiger partial charge in [-0.3, -0.25) is 0 Å². The Morgan fingerprint density at radius 2 is 2.14 bits per heavy atom. The summed E-state index contributed by atoms with van der Waals surface area (Å²) < 4.78 is 5.26. The zero-order chi connectivity index (χ0) is 14.7. The lowest BCUT2D eigenvalue weighted by molar-refractivity contribution is 0.204. The van der Waals surface area contributed by atoms with E-state index in [1.54, 1.807) is 7.11 Å². The van der Waals surface area contributed by atoms with E-state index < -0.39 is 0 Å². The number of hydrogen-bond donors (Lipinski definition) is 1. The predicted octanol–water partition coefficient (Wildman–Crippen LogP) is 2.57. The molecule has 1 aliphatic rings. The van der Waals surface area contributed by atoms with Crippen molar-refractivity contribution in [3.8, 4) is 0 Å². The molecule has 0 saturated heterocycles. The Hall–Kier alpha value is -1.65. The van der Waals surface area contributed by atoms with Gasteiger partial charge in [-0.1, -0.05) is 18.2 Å². The summed E-state index contributed by atoms with van der Waals surface area (Å²) in [5.41, 5.74) is 2.38. The summed E-state index contributed by atoms with van der Waals surface area (Å²) in [7, 11) is 3.74. The van der Waals surface area contributed by atoms with Crippen LogP contribution in [0.15, 0.2) is 30.3 Å². The van der Waals surface area contributed by atoms with Crippen LogP contribution in [0.4, 0.5) is 5.82 Å². The van der Waals surface area contributed by atoms with Crippen molar-refractivity contribution >= 4 is 16.7 Å². The second kappa shape index (κ2) is 6.41. The molecule has 2 aromatic rings. The van der Waals surface area contributed by atoms with Crippen molar-refractivity contribution in [2.75, 3.05) is 32.2 Å². The molecule has 1 heterocycles. The third-order valence-corrected chi connectivity index (χ3v) is 3.97. The van der Waals surface area contributed by atoms with Crippen LogP contribution < -0.4 is 10.2 Å².